The highest BCUT2D eigenvalue weighted by Gasteiger charge is 2.25. The van der Waals surface area contributed by atoms with E-state index in [0.717, 1.165) is 29.3 Å². The minimum absolute atomic E-state index is 0.0662. The Kier molecular flexibility index (Phi) is 5.04. The van der Waals surface area contributed by atoms with E-state index in [2.05, 4.69) is 22.6 Å². The molecule has 1 fully saturated rings. The summed E-state index contributed by atoms with van der Waals surface area (Å²) < 4.78 is 11.8. The summed E-state index contributed by atoms with van der Waals surface area (Å²) in [4.78, 5) is 12.1. The second kappa shape index (κ2) is 6.56. The van der Waals surface area contributed by atoms with E-state index < -0.39 is 0 Å². The number of anilines is 1. The van der Waals surface area contributed by atoms with Crippen molar-refractivity contribution in [3.05, 3.63) is 27.3 Å². The summed E-state index contributed by atoms with van der Waals surface area (Å²) in [7, 11) is 1.70. The molecule has 19 heavy (non-hydrogen) atoms. The smallest absolute Gasteiger partial charge is 0.340 e. The van der Waals surface area contributed by atoms with Crippen LogP contribution in [0.3, 0.4) is 0 Å². The van der Waals surface area contributed by atoms with Crippen molar-refractivity contribution >= 4 is 34.2 Å². The van der Waals surface area contributed by atoms with Gasteiger partial charge in [-0.1, -0.05) is 0 Å². The summed E-state index contributed by atoms with van der Waals surface area (Å²) in [5.41, 5.74) is 6.73. The quantitative estimate of drug-likeness (QED) is 0.501. The van der Waals surface area contributed by atoms with Crippen molar-refractivity contribution < 1.29 is 14.3 Å². The largest absolute Gasteiger partial charge is 0.459 e. The monoisotopic (exact) mass is 375 g/mol. The molecule has 2 unspecified atom stereocenters. The van der Waals surface area contributed by atoms with Crippen LogP contribution in [-0.2, 0) is 9.47 Å². The molecule has 5 heteroatoms. The summed E-state index contributed by atoms with van der Waals surface area (Å²) in [6.07, 6.45) is 3.86. The lowest BCUT2D eigenvalue weighted by atomic mass is 9.95. The number of benzene rings is 1. The van der Waals surface area contributed by atoms with E-state index in [9.17, 15) is 4.79 Å². The van der Waals surface area contributed by atoms with Crippen molar-refractivity contribution in [2.24, 2.45) is 0 Å². The van der Waals surface area contributed by atoms with Gasteiger partial charge in [0, 0.05) is 22.8 Å². The summed E-state index contributed by atoms with van der Waals surface area (Å²) in [6, 6.07) is 5.36. The van der Waals surface area contributed by atoms with Crippen molar-refractivity contribution in [3.8, 4) is 0 Å². The number of nitrogen functional groups attached to an aromatic ring is 1. The lowest BCUT2D eigenvalue weighted by molar-refractivity contribution is -0.0148. The van der Waals surface area contributed by atoms with Crippen LogP contribution in [-0.4, -0.2) is 25.3 Å². The number of carbonyl (C=O) groups excluding carboxylic acids is 1. The van der Waals surface area contributed by atoms with Gasteiger partial charge in [-0.05, 0) is 60.1 Å². The molecule has 2 rings (SSSR count). The third kappa shape index (κ3) is 3.82. The van der Waals surface area contributed by atoms with E-state index in [1.165, 1.54) is 0 Å². The lowest BCUT2D eigenvalue weighted by Gasteiger charge is -2.28. The molecular weight excluding hydrogens is 357 g/mol. The molecule has 0 aliphatic heterocycles. The zero-order valence-corrected chi connectivity index (χ0v) is 13.1. The first-order valence-corrected chi connectivity index (χ1v) is 7.47. The maximum atomic E-state index is 12.1. The van der Waals surface area contributed by atoms with Gasteiger partial charge in [0.05, 0.1) is 11.7 Å². The summed E-state index contributed by atoms with van der Waals surface area (Å²) >= 11 is 2.15. The van der Waals surface area contributed by atoms with Crippen molar-refractivity contribution in [2.75, 3.05) is 12.8 Å². The number of methoxy groups -OCH3 is 1. The first-order chi connectivity index (χ1) is 9.10. The van der Waals surface area contributed by atoms with Gasteiger partial charge in [0.1, 0.15) is 6.10 Å². The zero-order chi connectivity index (χ0) is 13.8. The third-order valence-electron chi connectivity index (χ3n) is 3.42. The molecule has 0 heterocycles. The number of hydrogen-bond donors (Lipinski definition) is 1. The molecule has 1 aromatic carbocycles. The Morgan fingerprint density at radius 1 is 1.37 bits per heavy atom. The van der Waals surface area contributed by atoms with E-state index >= 15 is 0 Å². The molecule has 0 aromatic heterocycles. The topological polar surface area (TPSA) is 61.5 Å². The van der Waals surface area contributed by atoms with Gasteiger partial charge < -0.3 is 15.2 Å². The fraction of sp³-hybridized carbons (Fsp3) is 0.500. The lowest BCUT2D eigenvalue weighted by Crippen LogP contribution is -2.29. The number of ether oxygens (including phenoxy) is 2. The maximum Gasteiger partial charge on any atom is 0.340 e. The van der Waals surface area contributed by atoms with Crippen molar-refractivity contribution in [1.82, 2.24) is 0 Å². The second-order valence-corrected chi connectivity index (χ2v) is 6.03. The molecule has 1 aromatic rings. The number of carbonyl (C=O) groups is 1. The minimum Gasteiger partial charge on any atom is -0.459 e. The average Bonchev–Trinajstić information content (AvgIpc) is 2.41. The summed E-state index contributed by atoms with van der Waals surface area (Å²) in [6.45, 7) is 0. The van der Waals surface area contributed by atoms with Gasteiger partial charge in [0.15, 0.2) is 0 Å². The normalized spacial score (nSPS) is 23.1. The number of halogens is 1. The predicted molar refractivity (Wildman–Crippen MR) is 82.0 cm³/mol. The molecule has 0 saturated heterocycles. The standard InChI is InChI=1S/C14H18INO3/c1-18-10-3-2-4-11(8-10)19-14(17)12-7-9(15)5-6-13(12)16/h5-7,10-11H,2-4,8,16H2,1H3. The van der Waals surface area contributed by atoms with Crippen LogP contribution < -0.4 is 5.73 Å². The minimum atomic E-state index is -0.335. The van der Waals surface area contributed by atoms with Crippen LogP contribution in [0.5, 0.6) is 0 Å². The van der Waals surface area contributed by atoms with Crippen LogP contribution in [0.25, 0.3) is 0 Å². The zero-order valence-electron chi connectivity index (χ0n) is 10.9. The summed E-state index contributed by atoms with van der Waals surface area (Å²) in [5, 5.41) is 0. The van der Waals surface area contributed by atoms with Crippen LogP contribution in [0.1, 0.15) is 36.0 Å². The van der Waals surface area contributed by atoms with Crippen molar-refractivity contribution in [1.29, 1.82) is 0 Å². The first kappa shape index (κ1) is 14.6. The molecule has 0 radical (unpaired) electrons. The SMILES string of the molecule is COC1CCCC(OC(=O)c2cc(I)ccc2N)C1. The summed E-state index contributed by atoms with van der Waals surface area (Å²) in [5.74, 6) is -0.335. The van der Waals surface area contributed by atoms with Gasteiger partial charge in [-0.3, -0.25) is 0 Å². The van der Waals surface area contributed by atoms with Crippen LogP contribution in [0.15, 0.2) is 18.2 Å². The van der Waals surface area contributed by atoms with E-state index in [0.29, 0.717) is 11.3 Å². The van der Waals surface area contributed by atoms with E-state index in [-0.39, 0.29) is 18.2 Å². The predicted octanol–water partition coefficient (Wildman–Crippen LogP) is 2.99. The van der Waals surface area contributed by atoms with Crippen molar-refractivity contribution in [2.45, 2.75) is 37.9 Å². The van der Waals surface area contributed by atoms with Gasteiger partial charge >= 0.3 is 5.97 Å². The molecular formula is C14H18INO3. The van der Waals surface area contributed by atoms with Crippen LogP contribution in [0.4, 0.5) is 5.69 Å². The highest BCUT2D eigenvalue weighted by molar-refractivity contribution is 14.1. The van der Waals surface area contributed by atoms with E-state index in [4.69, 9.17) is 15.2 Å². The fourth-order valence-corrected chi connectivity index (χ4v) is 2.83. The Morgan fingerprint density at radius 3 is 2.84 bits per heavy atom. The Bertz CT molecular complexity index is 464. The number of rotatable bonds is 3. The fourth-order valence-electron chi connectivity index (χ4n) is 2.34. The Morgan fingerprint density at radius 2 is 2.11 bits per heavy atom. The molecule has 1 aliphatic rings. The Balaban J connectivity index is 2.02. The van der Waals surface area contributed by atoms with Gasteiger partial charge in [-0.15, -0.1) is 0 Å². The maximum absolute atomic E-state index is 12.1. The number of esters is 1. The molecule has 2 atom stereocenters. The molecule has 104 valence electrons. The molecule has 0 amide bonds. The Hall–Kier alpha value is -0.820. The average molecular weight is 375 g/mol. The first-order valence-electron chi connectivity index (χ1n) is 6.39. The third-order valence-corrected chi connectivity index (χ3v) is 4.09. The van der Waals surface area contributed by atoms with Gasteiger partial charge in [-0.2, -0.15) is 0 Å². The molecule has 0 spiro atoms. The highest BCUT2D eigenvalue weighted by atomic mass is 127. The van der Waals surface area contributed by atoms with E-state index in [1.54, 1.807) is 19.2 Å². The molecule has 0 bridgehead atoms. The van der Waals surface area contributed by atoms with Crippen molar-refractivity contribution in [3.63, 3.8) is 0 Å². The number of nitrogens with two attached hydrogens (primary N) is 1. The van der Waals surface area contributed by atoms with E-state index in [1.807, 2.05) is 6.07 Å². The highest BCUT2D eigenvalue weighted by Crippen LogP contribution is 2.25. The Labute approximate surface area is 126 Å². The van der Waals surface area contributed by atoms with Crippen LogP contribution in [0, 0.1) is 3.57 Å². The molecule has 1 saturated carbocycles. The van der Waals surface area contributed by atoms with Crippen LogP contribution >= 0.6 is 22.6 Å². The molecule has 1 aliphatic carbocycles. The molecule has 4 nitrogen and oxygen atoms in total. The van der Waals surface area contributed by atoms with Gasteiger partial charge in [0.25, 0.3) is 0 Å². The van der Waals surface area contributed by atoms with Crippen LogP contribution in [0.2, 0.25) is 0 Å². The molecule has 2 N–H and O–H groups in total. The second-order valence-electron chi connectivity index (χ2n) is 4.78. The van der Waals surface area contributed by atoms with Gasteiger partial charge in [-0.25, -0.2) is 4.79 Å². The number of hydrogen-bond acceptors (Lipinski definition) is 4. The van der Waals surface area contributed by atoms with Gasteiger partial charge in [0.2, 0.25) is 0 Å².